The smallest absolute Gasteiger partial charge is 0.326 e. The molecular formula is C28H52N10O10. The fraction of sp³-hybridized carbons (Fsp3) is 0.714. The van der Waals surface area contributed by atoms with Gasteiger partial charge in [-0.1, -0.05) is 34.1 Å². The van der Waals surface area contributed by atoms with Gasteiger partial charge < -0.3 is 64.8 Å². The lowest BCUT2D eigenvalue weighted by Gasteiger charge is -2.30. The van der Waals surface area contributed by atoms with Crippen LogP contribution in [0.2, 0.25) is 0 Å². The van der Waals surface area contributed by atoms with Gasteiger partial charge in [0.1, 0.15) is 30.2 Å². The minimum atomic E-state index is -1.59. The van der Waals surface area contributed by atoms with Crippen LogP contribution in [0.15, 0.2) is 4.99 Å². The Balaban J connectivity index is 5.80. The maximum absolute atomic E-state index is 13.5. The first-order valence-electron chi connectivity index (χ1n) is 15.4. The Morgan fingerprint density at radius 1 is 0.729 bits per heavy atom. The fourth-order valence-corrected chi connectivity index (χ4v) is 4.19. The number of rotatable bonds is 22. The van der Waals surface area contributed by atoms with Gasteiger partial charge in [-0.3, -0.25) is 33.8 Å². The number of carboxylic acids is 1. The van der Waals surface area contributed by atoms with E-state index in [0.29, 0.717) is 6.42 Å². The van der Waals surface area contributed by atoms with E-state index in [2.05, 4.69) is 31.6 Å². The molecule has 0 aliphatic rings. The second-order valence-corrected chi connectivity index (χ2v) is 11.7. The molecule has 0 saturated heterocycles. The van der Waals surface area contributed by atoms with Crippen LogP contribution in [0.1, 0.15) is 60.3 Å². The van der Waals surface area contributed by atoms with Crippen LogP contribution in [0.25, 0.3) is 0 Å². The summed E-state index contributed by atoms with van der Waals surface area (Å²) in [4.78, 5) is 91.6. The highest BCUT2D eigenvalue weighted by molar-refractivity contribution is 5.97. The van der Waals surface area contributed by atoms with Crippen LogP contribution < -0.4 is 49.5 Å². The third-order valence-electron chi connectivity index (χ3n) is 7.24. The first-order chi connectivity index (χ1) is 22.3. The molecule has 0 bridgehead atoms. The van der Waals surface area contributed by atoms with Crippen molar-refractivity contribution < 1.29 is 48.9 Å². The Hall–Kier alpha value is -4.56. The van der Waals surface area contributed by atoms with E-state index in [9.17, 15) is 48.9 Å². The van der Waals surface area contributed by atoms with Gasteiger partial charge in [0, 0.05) is 6.54 Å². The molecule has 0 saturated carbocycles. The highest BCUT2D eigenvalue weighted by atomic mass is 16.4. The summed E-state index contributed by atoms with van der Waals surface area (Å²) in [7, 11) is 0. The van der Waals surface area contributed by atoms with Crippen LogP contribution in [-0.4, -0.2) is 118 Å². The zero-order valence-electron chi connectivity index (χ0n) is 27.9. The van der Waals surface area contributed by atoms with Crippen molar-refractivity contribution in [2.24, 2.45) is 39.8 Å². The Morgan fingerprint density at radius 2 is 1.23 bits per heavy atom. The SMILES string of the molecule is CC[C@H](C)[C@H](NC(=O)[C@@H](NC(=O)[C@@H](N)CC(N)=O)[C@@H](C)O)C(=O)N[C@H](C(=O)N[C@@H](CO)C(=O)N[C@@H](CCCN=C(N)N)C(=O)O)C(C)C. The zero-order valence-corrected chi connectivity index (χ0v) is 27.9. The Labute approximate surface area is 278 Å². The summed E-state index contributed by atoms with van der Waals surface area (Å²) in [6.07, 6.45) is -1.46. The van der Waals surface area contributed by atoms with Gasteiger partial charge in [-0.15, -0.1) is 0 Å². The molecular weight excluding hydrogens is 636 g/mol. The highest BCUT2D eigenvalue weighted by Crippen LogP contribution is 2.12. The standard InChI is InChI=1S/C28H52N10O10/c1-6-13(4)20(37-26(46)21(14(5)40)38-22(42)15(29)10-18(30)41)25(45)36-19(12(2)3)24(44)35-17(11-39)23(43)34-16(27(47)48)8-7-9-33-28(31)32/h12-17,19-21,39-40H,6-11,29H2,1-5H3,(H2,30,41)(H,34,43)(H,35,44)(H,36,45)(H,37,46)(H,38,42)(H,47,48)(H4,31,32,33)/t13-,14+,15-,16-,17-,19-,20-,21-/m0/s1. The van der Waals surface area contributed by atoms with Crippen molar-refractivity contribution in [2.45, 2.75) is 103 Å². The average Bonchev–Trinajstić information content (AvgIpc) is 2.99. The number of hydrogen-bond donors (Lipinski definition) is 12. The molecule has 0 unspecified atom stereocenters. The molecule has 0 radical (unpaired) electrons. The molecule has 6 amide bonds. The molecule has 0 aliphatic heterocycles. The Kier molecular flexibility index (Phi) is 19.3. The monoisotopic (exact) mass is 688 g/mol. The average molecular weight is 689 g/mol. The van der Waals surface area contributed by atoms with E-state index in [4.69, 9.17) is 22.9 Å². The van der Waals surface area contributed by atoms with E-state index in [1.807, 2.05) is 0 Å². The Morgan fingerprint density at radius 3 is 1.69 bits per heavy atom. The van der Waals surface area contributed by atoms with Crippen LogP contribution >= 0.6 is 0 Å². The molecule has 0 heterocycles. The first kappa shape index (κ1) is 43.4. The molecule has 274 valence electrons. The second kappa shape index (κ2) is 21.3. The highest BCUT2D eigenvalue weighted by Gasteiger charge is 2.36. The normalized spacial score (nSPS) is 16.0. The molecule has 0 rings (SSSR count). The quantitative estimate of drug-likeness (QED) is 0.0288. The molecule has 16 N–H and O–H groups in total. The number of carboxylic acid groups (broad SMARTS) is 1. The van der Waals surface area contributed by atoms with Gasteiger partial charge in [0.2, 0.25) is 35.4 Å². The predicted molar refractivity (Wildman–Crippen MR) is 172 cm³/mol. The minimum absolute atomic E-state index is 0.0584. The number of carbonyl (C=O) groups is 7. The van der Waals surface area contributed by atoms with E-state index in [-0.39, 0.29) is 25.3 Å². The lowest BCUT2D eigenvalue weighted by Crippen LogP contribution is -2.62. The maximum atomic E-state index is 13.5. The van der Waals surface area contributed by atoms with Crippen molar-refractivity contribution in [1.29, 1.82) is 0 Å². The molecule has 0 fully saturated rings. The molecule has 0 aromatic rings. The molecule has 20 heteroatoms. The fourth-order valence-electron chi connectivity index (χ4n) is 4.19. The van der Waals surface area contributed by atoms with E-state index < -0.39 is 109 Å². The van der Waals surface area contributed by atoms with Gasteiger partial charge in [-0.2, -0.15) is 0 Å². The van der Waals surface area contributed by atoms with Crippen LogP contribution in [0.5, 0.6) is 0 Å². The van der Waals surface area contributed by atoms with Crippen molar-refractivity contribution in [2.75, 3.05) is 13.2 Å². The molecule has 8 atom stereocenters. The van der Waals surface area contributed by atoms with Crippen molar-refractivity contribution >= 4 is 47.4 Å². The van der Waals surface area contributed by atoms with Gasteiger partial charge in [0.15, 0.2) is 5.96 Å². The van der Waals surface area contributed by atoms with E-state index >= 15 is 0 Å². The van der Waals surface area contributed by atoms with Crippen LogP contribution in [0, 0.1) is 11.8 Å². The lowest BCUT2D eigenvalue weighted by molar-refractivity contribution is -0.143. The van der Waals surface area contributed by atoms with Crippen LogP contribution in [0.3, 0.4) is 0 Å². The van der Waals surface area contributed by atoms with Crippen LogP contribution in [-0.2, 0) is 33.6 Å². The molecule has 0 aromatic heterocycles. The lowest BCUT2D eigenvalue weighted by atomic mass is 9.95. The van der Waals surface area contributed by atoms with Crippen molar-refractivity contribution in [3.63, 3.8) is 0 Å². The number of nitrogens with two attached hydrogens (primary N) is 4. The number of hydrogen-bond acceptors (Lipinski definition) is 11. The van der Waals surface area contributed by atoms with Crippen molar-refractivity contribution in [3.8, 4) is 0 Å². The summed E-state index contributed by atoms with van der Waals surface area (Å²) in [6.45, 7) is 6.95. The van der Waals surface area contributed by atoms with E-state index in [1.54, 1.807) is 27.7 Å². The van der Waals surface area contributed by atoms with Crippen molar-refractivity contribution in [3.05, 3.63) is 0 Å². The number of amides is 6. The van der Waals surface area contributed by atoms with Gasteiger partial charge >= 0.3 is 5.97 Å². The number of aliphatic imine (C=N–C) groups is 1. The summed E-state index contributed by atoms with van der Waals surface area (Å²) < 4.78 is 0. The topological polar surface area (TPSA) is 357 Å². The summed E-state index contributed by atoms with van der Waals surface area (Å²) in [6, 6.07) is -8.52. The maximum Gasteiger partial charge on any atom is 0.326 e. The number of carbonyl (C=O) groups excluding carboxylic acids is 6. The molecule has 0 aliphatic carbocycles. The molecule has 0 aromatic carbocycles. The molecule has 20 nitrogen and oxygen atoms in total. The largest absolute Gasteiger partial charge is 0.480 e. The summed E-state index contributed by atoms with van der Waals surface area (Å²) >= 11 is 0. The number of nitrogens with one attached hydrogen (secondary N) is 5. The summed E-state index contributed by atoms with van der Waals surface area (Å²) in [5.74, 6) is -8.13. The summed E-state index contributed by atoms with van der Waals surface area (Å²) in [5, 5.41) is 41.3. The predicted octanol–water partition coefficient (Wildman–Crippen LogP) is -5.17. The molecule has 0 spiro atoms. The number of aliphatic hydroxyl groups is 2. The zero-order chi connectivity index (χ0) is 37.3. The molecule has 48 heavy (non-hydrogen) atoms. The Bertz CT molecular complexity index is 1160. The van der Waals surface area contributed by atoms with Gasteiger partial charge in [-0.05, 0) is 31.6 Å². The summed E-state index contributed by atoms with van der Waals surface area (Å²) in [5.41, 5.74) is 21.2. The third kappa shape index (κ3) is 15.4. The first-order valence-corrected chi connectivity index (χ1v) is 15.4. The van der Waals surface area contributed by atoms with E-state index in [1.165, 1.54) is 6.92 Å². The van der Waals surface area contributed by atoms with E-state index in [0.717, 1.165) is 0 Å². The van der Waals surface area contributed by atoms with Gasteiger partial charge in [0.05, 0.1) is 25.2 Å². The second-order valence-electron chi connectivity index (χ2n) is 11.7. The number of guanidine groups is 1. The van der Waals surface area contributed by atoms with Crippen molar-refractivity contribution in [1.82, 2.24) is 26.6 Å². The third-order valence-corrected chi connectivity index (χ3v) is 7.24. The van der Waals surface area contributed by atoms with Gasteiger partial charge in [-0.25, -0.2) is 4.79 Å². The number of aliphatic hydroxyl groups excluding tert-OH is 2. The van der Waals surface area contributed by atoms with Crippen LogP contribution in [0.4, 0.5) is 0 Å². The van der Waals surface area contributed by atoms with Gasteiger partial charge in [0.25, 0.3) is 0 Å². The number of aliphatic carboxylic acids is 1. The number of nitrogens with zero attached hydrogens (tertiary/aromatic N) is 1. The minimum Gasteiger partial charge on any atom is -0.480 e. The number of primary amides is 1.